The molecule has 130 valence electrons. The van der Waals surface area contributed by atoms with Crippen LogP contribution in [0.5, 0.6) is 0 Å². The average molecular weight is 384 g/mol. The van der Waals surface area contributed by atoms with Gasteiger partial charge in [-0.1, -0.05) is 41.4 Å². The van der Waals surface area contributed by atoms with Gasteiger partial charge < -0.3 is 5.73 Å². The van der Waals surface area contributed by atoms with Gasteiger partial charge in [0.2, 0.25) is 0 Å². The first-order valence-electron chi connectivity index (χ1n) is 7.92. The number of halogens is 1. The number of imide groups is 1. The molecule has 2 aliphatic heterocycles. The second kappa shape index (κ2) is 6.30. The van der Waals surface area contributed by atoms with Crippen LogP contribution in [0.4, 0.5) is 5.69 Å². The molecule has 26 heavy (non-hydrogen) atoms. The number of amidine groups is 1. The van der Waals surface area contributed by atoms with Gasteiger partial charge in [-0.2, -0.15) is 0 Å². The molecule has 0 fully saturated rings. The number of aryl methyl sites for hydroxylation is 1. The lowest BCUT2D eigenvalue weighted by molar-refractivity contribution is -0.120. The van der Waals surface area contributed by atoms with E-state index < -0.39 is 6.04 Å². The summed E-state index contributed by atoms with van der Waals surface area (Å²) >= 11 is 6.95. The molecule has 0 aromatic heterocycles. The van der Waals surface area contributed by atoms with E-state index in [1.807, 2.05) is 31.2 Å². The molecule has 2 aliphatic rings. The fourth-order valence-corrected chi connectivity index (χ4v) is 3.98. The average Bonchev–Trinajstić information content (AvgIpc) is 2.87. The zero-order chi connectivity index (χ0) is 18.4. The summed E-state index contributed by atoms with van der Waals surface area (Å²) in [6.07, 6.45) is 0. The van der Waals surface area contributed by atoms with E-state index in [9.17, 15) is 9.59 Å². The van der Waals surface area contributed by atoms with Crippen molar-refractivity contribution in [2.45, 2.75) is 13.0 Å². The molecule has 2 aromatic carbocycles. The Morgan fingerprint density at radius 3 is 2.35 bits per heavy atom. The highest BCUT2D eigenvalue weighted by molar-refractivity contribution is 8.18. The van der Waals surface area contributed by atoms with Crippen LogP contribution in [0.3, 0.4) is 0 Å². The lowest BCUT2D eigenvalue weighted by Crippen LogP contribution is -2.31. The minimum atomic E-state index is -0.583. The number of anilines is 1. The number of nitrogens with zero attached hydrogens (tertiary/aromatic N) is 2. The number of hydrogen-bond donors (Lipinski definition) is 1. The maximum absolute atomic E-state index is 13.1. The van der Waals surface area contributed by atoms with Gasteiger partial charge in [-0.25, -0.2) is 9.89 Å². The van der Waals surface area contributed by atoms with E-state index in [1.54, 1.807) is 24.3 Å². The Morgan fingerprint density at radius 2 is 1.69 bits per heavy atom. The van der Waals surface area contributed by atoms with Crippen LogP contribution in [0, 0.1) is 6.92 Å². The van der Waals surface area contributed by atoms with Gasteiger partial charge >= 0.3 is 0 Å². The molecule has 1 unspecified atom stereocenters. The Labute approximate surface area is 159 Å². The SMILES string of the molecule is Cc1ccc(C2N=C(N)SC3=C2C(=O)N(c2ccc(Cl)cc2)C3=O)cc1. The first-order chi connectivity index (χ1) is 12.5. The van der Waals surface area contributed by atoms with E-state index in [-0.39, 0.29) is 17.0 Å². The zero-order valence-corrected chi connectivity index (χ0v) is 15.3. The van der Waals surface area contributed by atoms with Crippen molar-refractivity contribution < 1.29 is 9.59 Å². The van der Waals surface area contributed by atoms with E-state index in [0.717, 1.165) is 27.8 Å². The lowest BCUT2D eigenvalue weighted by Gasteiger charge is -2.19. The first-order valence-corrected chi connectivity index (χ1v) is 9.11. The smallest absolute Gasteiger partial charge is 0.272 e. The summed E-state index contributed by atoms with van der Waals surface area (Å²) in [7, 11) is 0. The normalized spacial score (nSPS) is 19.7. The van der Waals surface area contributed by atoms with Crippen molar-refractivity contribution in [1.82, 2.24) is 0 Å². The zero-order valence-electron chi connectivity index (χ0n) is 13.8. The van der Waals surface area contributed by atoms with E-state index in [1.165, 1.54) is 0 Å². The summed E-state index contributed by atoms with van der Waals surface area (Å²) in [4.78, 5) is 31.9. The van der Waals surface area contributed by atoms with Crippen molar-refractivity contribution in [3.8, 4) is 0 Å². The van der Waals surface area contributed by atoms with Crippen LogP contribution in [-0.4, -0.2) is 17.0 Å². The molecule has 5 nitrogen and oxygen atoms in total. The van der Waals surface area contributed by atoms with Crippen molar-refractivity contribution in [2.75, 3.05) is 4.90 Å². The van der Waals surface area contributed by atoms with E-state index in [0.29, 0.717) is 21.2 Å². The van der Waals surface area contributed by atoms with Crippen LogP contribution in [-0.2, 0) is 9.59 Å². The molecule has 0 radical (unpaired) electrons. The molecule has 0 saturated carbocycles. The summed E-state index contributed by atoms with van der Waals surface area (Å²) < 4.78 is 0. The van der Waals surface area contributed by atoms with E-state index in [2.05, 4.69) is 4.99 Å². The van der Waals surface area contributed by atoms with Crippen molar-refractivity contribution in [3.63, 3.8) is 0 Å². The predicted octanol–water partition coefficient (Wildman–Crippen LogP) is 3.58. The highest BCUT2D eigenvalue weighted by Crippen LogP contribution is 2.44. The van der Waals surface area contributed by atoms with Crippen molar-refractivity contribution in [1.29, 1.82) is 0 Å². The summed E-state index contributed by atoms with van der Waals surface area (Å²) in [5.41, 5.74) is 8.70. The van der Waals surface area contributed by atoms with Crippen molar-refractivity contribution >= 4 is 46.0 Å². The molecule has 7 heteroatoms. The van der Waals surface area contributed by atoms with Gasteiger partial charge in [-0.05, 0) is 48.5 Å². The number of hydrogen-bond acceptors (Lipinski definition) is 5. The number of aliphatic imine (C=N–C) groups is 1. The van der Waals surface area contributed by atoms with Crippen LogP contribution in [0.25, 0.3) is 0 Å². The molecule has 2 N–H and O–H groups in total. The maximum atomic E-state index is 13.1. The van der Waals surface area contributed by atoms with Crippen molar-refractivity contribution in [3.05, 3.63) is 75.2 Å². The number of benzene rings is 2. The monoisotopic (exact) mass is 383 g/mol. The summed E-state index contributed by atoms with van der Waals surface area (Å²) in [5.74, 6) is -0.756. The van der Waals surface area contributed by atoms with Crippen LogP contribution >= 0.6 is 23.4 Å². The van der Waals surface area contributed by atoms with Crippen LogP contribution < -0.4 is 10.6 Å². The Balaban J connectivity index is 1.78. The standard InChI is InChI=1S/C19H14ClN3O2S/c1-10-2-4-11(5-3-10)15-14-16(26-19(21)22-15)18(25)23(17(14)24)13-8-6-12(20)7-9-13/h2-9,15H,1H3,(H2,21,22). The molecule has 2 aromatic rings. The van der Waals surface area contributed by atoms with E-state index >= 15 is 0 Å². The molecule has 0 saturated heterocycles. The molecule has 1 atom stereocenters. The van der Waals surface area contributed by atoms with Gasteiger partial charge in [0.05, 0.1) is 16.2 Å². The van der Waals surface area contributed by atoms with Gasteiger partial charge in [0, 0.05) is 5.02 Å². The van der Waals surface area contributed by atoms with Gasteiger partial charge in [-0.3, -0.25) is 9.59 Å². The van der Waals surface area contributed by atoms with Gasteiger partial charge in [0.15, 0.2) is 5.17 Å². The molecule has 4 rings (SSSR count). The minimum Gasteiger partial charge on any atom is -0.378 e. The predicted molar refractivity (Wildman–Crippen MR) is 104 cm³/mol. The highest BCUT2D eigenvalue weighted by atomic mass is 35.5. The molecule has 0 aliphatic carbocycles. The Morgan fingerprint density at radius 1 is 1.04 bits per heavy atom. The minimum absolute atomic E-state index is 0.272. The molecule has 2 heterocycles. The summed E-state index contributed by atoms with van der Waals surface area (Å²) in [5, 5.41) is 0.804. The van der Waals surface area contributed by atoms with Gasteiger partial charge in [-0.15, -0.1) is 0 Å². The number of rotatable bonds is 2. The van der Waals surface area contributed by atoms with Crippen LogP contribution in [0.2, 0.25) is 5.02 Å². The molecular formula is C19H14ClN3O2S. The highest BCUT2D eigenvalue weighted by Gasteiger charge is 2.45. The number of amides is 2. The molecule has 0 bridgehead atoms. The van der Waals surface area contributed by atoms with E-state index in [4.69, 9.17) is 17.3 Å². The third-order valence-electron chi connectivity index (χ3n) is 4.29. The largest absolute Gasteiger partial charge is 0.378 e. The van der Waals surface area contributed by atoms with Gasteiger partial charge in [0.1, 0.15) is 6.04 Å². The fraction of sp³-hybridized carbons (Fsp3) is 0.105. The quantitative estimate of drug-likeness (QED) is 0.804. The first kappa shape index (κ1) is 16.9. The van der Waals surface area contributed by atoms with Crippen LogP contribution in [0.1, 0.15) is 17.2 Å². The summed E-state index contributed by atoms with van der Waals surface area (Å²) in [6.45, 7) is 1.98. The third-order valence-corrected chi connectivity index (χ3v) is 5.45. The fourth-order valence-electron chi connectivity index (χ4n) is 3.00. The van der Waals surface area contributed by atoms with Gasteiger partial charge in [0.25, 0.3) is 11.8 Å². The molecule has 2 amide bonds. The number of carbonyl (C=O) groups is 2. The molecule has 0 spiro atoms. The van der Waals surface area contributed by atoms with Crippen molar-refractivity contribution in [2.24, 2.45) is 10.7 Å². The number of nitrogens with two attached hydrogens (primary N) is 1. The Kier molecular flexibility index (Phi) is 4.09. The summed E-state index contributed by atoms with van der Waals surface area (Å²) in [6, 6.07) is 13.7. The Hall–Kier alpha value is -2.57. The Bertz CT molecular complexity index is 981. The lowest BCUT2D eigenvalue weighted by atomic mass is 9.98. The topological polar surface area (TPSA) is 75.8 Å². The molecular weight excluding hydrogens is 370 g/mol. The van der Waals surface area contributed by atoms with Crippen LogP contribution in [0.15, 0.2) is 64.0 Å². The number of carbonyl (C=O) groups excluding carboxylic acids is 2. The maximum Gasteiger partial charge on any atom is 0.272 e. The third kappa shape index (κ3) is 2.71. The second-order valence-corrected chi connectivity index (χ2v) is 7.51. The second-order valence-electron chi connectivity index (χ2n) is 6.05. The number of thioether (sulfide) groups is 1.